The molecule has 0 fully saturated rings. The van der Waals surface area contributed by atoms with Crippen molar-refractivity contribution in [3.63, 3.8) is 0 Å². The number of nitrogens with zero attached hydrogens (tertiary/aromatic N) is 2. The molecular weight excluding hydrogens is 447 g/mol. The molecule has 0 saturated heterocycles. The molecule has 0 spiro atoms. The number of aromatic nitrogens is 2. The standard InChI is InChI=1S/C27H25FN4O3/c1-27(2,34)22-15-20(35-19-7-4-6-18(28)14-19)10-12-24(22)32-26-21-13-17(5-3-8-25(29)33)9-11-23(21)30-16-31-26/h3-4,6-16,34H,5H2,1-2H3,(H2,29,33)(H,30,31,32). The van der Waals surface area contributed by atoms with Gasteiger partial charge in [-0.3, -0.25) is 4.79 Å². The second-order valence-electron chi connectivity index (χ2n) is 8.53. The van der Waals surface area contributed by atoms with Crippen LogP contribution in [0.1, 0.15) is 25.0 Å². The summed E-state index contributed by atoms with van der Waals surface area (Å²) in [7, 11) is 0. The number of benzene rings is 3. The van der Waals surface area contributed by atoms with Crippen LogP contribution in [0.2, 0.25) is 0 Å². The van der Waals surface area contributed by atoms with Gasteiger partial charge in [0.25, 0.3) is 0 Å². The molecule has 4 N–H and O–H groups in total. The van der Waals surface area contributed by atoms with Crippen LogP contribution in [0, 0.1) is 5.82 Å². The number of nitrogens with two attached hydrogens (primary N) is 1. The number of allylic oxidation sites excluding steroid dienone is 1. The molecule has 0 aliphatic heterocycles. The number of hydrogen-bond acceptors (Lipinski definition) is 6. The molecule has 178 valence electrons. The third-order valence-electron chi connectivity index (χ3n) is 5.27. The molecule has 4 aromatic rings. The highest BCUT2D eigenvalue weighted by atomic mass is 19.1. The van der Waals surface area contributed by atoms with Gasteiger partial charge in [-0.25, -0.2) is 14.4 Å². The number of rotatable bonds is 8. The van der Waals surface area contributed by atoms with Gasteiger partial charge >= 0.3 is 0 Å². The summed E-state index contributed by atoms with van der Waals surface area (Å²) in [6, 6.07) is 16.8. The third-order valence-corrected chi connectivity index (χ3v) is 5.27. The number of aliphatic hydroxyl groups is 1. The summed E-state index contributed by atoms with van der Waals surface area (Å²) >= 11 is 0. The summed E-state index contributed by atoms with van der Waals surface area (Å²) in [4.78, 5) is 19.7. The molecule has 3 aromatic carbocycles. The van der Waals surface area contributed by atoms with Crippen molar-refractivity contribution >= 4 is 28.3 Å². The van der Waals surface area contributed by atoms with Gasteiger partial charge in [0.05, 0.1) is 11.1 Å². The predicted octanol–water partition coefficient (Wildman–Crippen LogP) is 5.12. The molecule has 1 amide bonds. The van der Waals surface area contributed by atoms with E-state index in [2.05, 4.69) is 15.3 Å². The SMILES string of the molecule is CC(C)(O)c1cc(Oc2cccc(F)c2)ccc1Nc1ncnc2ccc(CC=CC(N)=O)cc12. The van der Waals surface area contributed by atoms with Crippen LogP contribution >= 0.6 is 0 Å². The van der Waals surface area contributed by atoms with E-state index < -0.39 is 17.3 Å². The minimum Gasteiger partial charge on any atom is -0.457 e. The number of nitrogens with one attached hydrogen (secondary N) is 1. The molecular formula is C27H25FN4O3. The maximum absolute atomic E-state index is 13.5. The Morgan fingerprint density at radius 1 is 1.11 bits per heavy atom. The molecule has 0 bridgehead atoms. The first kappa shape index (κ1) is 23.8. The second-order valence-corrected chi connectivity index (χ2v) is 8.53. The van der Waals surface area contributed by atoms with Crippen molar-refractivity contribution in [2.24, 2.45) is 5.73 Å². The van der Waals surface area contributed by atoms with E-state index in [-0.39, 0.29) is 0 Å². The van der Waals surface area contributed by atoms with Gasteiger partial charge in [-0.05, 0) is 74.4 Å². The van der Waals surface area contributed by atoms with Crippen molar-refractivity contribution in [1.29, 1.82) is 0 Å². The van der Waals surface area contributed by atoms with E-state index in [4.69, 9.17) is 10.5 Å². The van der Waals surface area contributed by atoms with E-state index in [0.29, 0.717) is 35.0 Å². The number of carbonyl (C=O) groups is 1. The highest BCUT2D eigenvalue weighted by molar-refractivity contribution is 5.91. The van der Waals surface area contributed by atoms with Gasteiger partial charge in [0.15, 0.2) is 0 Å². The van der Waals surface area contributed by atoms with Crippen molar-refractivity contribution in [1.82, 2.24) is 9.97 Å². The van der Waals surface area contributed by atoms with Gasteiger partial charge in [-0.15, -0.1) is 0 Å². The number of ether oxygens (including phenoxy) is 1. The molecule has 0 aliphatic rings. The van der Waals surface area contributed by atoms with Gasteiger partial charge in [0.1, 0.15) is 29.5 Å². The zero-order valence-electron chi connectivity index (χ0n) is 19.3. The topological polar surface area (TPSA) is 110 Å². The first-order chi connectivity index (χ1) is 16.7. The summed E-state index contributed by atoms with van der Waals surface area (Å²) in [5.41, 5.74) is 6.84. The summed E-state index contributed by atoms with van der Waals surface area (Å²) in [6.45, 7) is 3.33. The first-order valence-corrected chi connectivity index (χ1v) is 11.0. The number of amides is 1. The molecule has 0 atom stereocenters. The summed E-state index contributed by atoms with van der Waals surface area (Å²) < 4.78 is 19.3. The van der Waals surface area contributed by atoms with Gasteiger partial charge in [-0.1, -0.05) is 18.2 Å². The zero-order valence-corrected chi connectivity index (χ0v) is 19.3. The summed E-state index contributed by atoms with van der Waals surface area (Å²) in [6.07, 6.45) is 5.01. The fourth-order valence-corrected chi connectivity index (χ4v) is 3.64. The molecule has 8 heteroatoms. The number of fused-ring (bicyclic) bond motifs is 1. The smallest absolute Gasteiger partial charge is 0.241 e. The van der Waals surface area contributed by atoms with Crippen LogP contribution < -0.4 is 15.8 Å². The number of anilines is 2. The van der Waals surface area contributed by atoms with Crippen LogP contribution in [0.5, 0.6) is 11.5 Å². The molecule has 1 heterocycles. The maximum Gasteiger partial charge on any atom is 0.241 e. The van der Waals surface area contributed by atoms with Crippen molar-refractivity contribution in [3.8, 4) is 11.5 Å². The monoisotopic (exact) mass is 472 g/mol. The fourth-order valence-electron chi connectivity index (χ4n) is 3.64. The summed E-state index contributed by atoms with van der Waals surface area (Å²) in [5.74, 6) is 0.463. The predicted molar refractivity (Wildman–Crippen MR) is 133 cm³/mol. The lowest BCUT2D eigenvalue weighted by molar-refractivity contribution is -0.113. The largest absolute Gasteiger partial charge is 0.457 e. The number of primary amides is 1. The van der Waals surface area contributed by atoms with E-state index in [1.807, 2.05) is 18.2 Å². The third kappa shape index (κ3) is 5.99. The molecule has 0 aliphatic carbocycles. The van der Waals surface area contributed by atoms with Crippen LogP contribution in [0.3, 0.4) is 0 Å². The lowest BCUT2D eigenvalue weighted by Crippen LogP contribution is -2.17. The molecule has 1 aromatic heterocycles. The highest BCUT2D eigenvalue weighted by Gasteiger charge is 2.22. The Bertz CT molecular complexity index is 1410. The average molecular weight is 473 g/mol. The zero-order chi connectivity index (χ0) is 25.0. The number of carbonyl (C=O) groups excluding carboxylic acids is 1. The molecule has 35 heavy (non-hydrogen) atoms. The Balaban J connectivity index is 1.68. The number of halogens is 1. The Kier molecular flexibility index (Phi) is 6.75. The quantitative estimate of drug-likeness (QED) is 0.307. The molecule has 7 nitrogen and oxygen atoms in total. The van der Waals surface area contributed by atoms with Crippen molar-refractivity contribution < 1.29 is 19.0 Å². The minimum absolute atomic E-state index is 0.354. The average Bonchev–Trinajstić information content (AvgIpc) is 2.79. The lowest BCUT2D eigenvalue weighted by atomic mass is 9.96. The van der Waals surface area contributed by atoms with Crippen molar-refractivity contribution in [2.45, 2.75) is 25.9 Å². The number of hydrogen-bond donors (Lipinski definition) is 3. The van der Waals surface area contributed by atoms with Crippen molar-refractivity contribution in [3.05, 3.63) is 96.1 Å². The molecule has 0 unspecified atom stereocenters. The Morgan fingerprint density at radius 3 is 2.66 bits per heavy atom. The van der Waals surface area contributed by atoms with Gasteiger partial charge in [-0.2, -0.15) is 0 Å². The first-order valence-electron chi connectivity index (χ1n) is 11.0. The van der Waals surface area contributed by atoms with Crippen LogP contribution in [0.15, 0.2) is 79.1 Å². The van der Waals surface area contributed by atoms with Crippen LogP contribution in [-0.4, -0.2) is 21.0 Å². The van der Waals surface area contributed by atoms with Gasteiger partial charge in [0, 0.05) is 22.7 Å². The molecule has 0 radical (unpaired) electrons. The van der Waals surface area contributed by atoms with Gasteiger partial charge in [0.2, 0.25) is 5.91 Å². The maximum atomic E-state index is 13.5. The Labute approximate surface area is 202 Å². The van der Waals surface area contributed by atoms with E-state index in [0.717, 1.165) is 16.5 Å². The fraction of sp³-hybridized carbons (Fsp3) is 0.148. The van der Waals surface area contributed by atoms with Crippen LogP contribution in [-0.2, 0) is 16.8 Å². The van der Waals surface area contributed by atoms with Crippen LogP contribution in [0.4, 0.5) is 15.9 Å². The van der Waals surface area contributed by atoms with E-state index in [1.165, 1.54) is 24.5 Å². The Hall–Kier alpha value is -4.30. The second kappa shape index (κ2) is 9.90. The van der Waals surface area contributed by atoms with Gasteiger partial charge < -0.3 is 20.9 Å². The summed E-state index contributed by atoms with van der Waals surface area (Å²) in [5, 5.41) is 14.9. The van der Waals surface area contributed by atoms with Crippen molar-refractivity contribution in [2.75, 3.05) is 5.32 Å². The molecule has 4 rings (SSSR count). The Morgan fingerprint density at radius 2 is 1.91 bits per heavy atom. The van der Waals surface area contributed by atoms with Crippen LogP contribution in [0.25, 0.3) is 10.9 Å². The lowest BCUT2D eigenvalue weighted by Gasteiger charge is -2.23. The van der Waals surface area contributed by atoms with E-state index >= 15 is 0 Å². The minimum atomic E-state index is -1.21. The highest BCUT2D eigenvalue weighted by Crippen LogP contribution is 2.35. The normalized spacial score (nSPS) is 11.7. The van der Waals surface area contributed by atoms with E-state index in [1.54, 1.807) is 50.3 Å². The molecule has 0 saturated carbocycles. The van der Waals surface area contributed by atoms with E-state index in [9.17, 15) is 14.3 Å².